The molecule has 1 fully saturated rings. The van der Waals surface area contributed by atoms with Gasteiger partial charge in [0.05, 0.1) is 0 Å². The molecule has 106 valence electrons. The Bertz CT molecular complexity index is 427. The van der Waals surface area contributed by atoms with Gasteiger partial charge in [-0.15, -0.1) is 0 Å². The molecule has 0 aromatic heterocycles. The quantitative estimate of drug-likeness (QED) is 0.903. The van der Waals surface area contributed by atoms with Gasteiger partial charge in [-0.05, 0) is 48.8 Å². The summed E-state index contributed by atoms with van der Waals surface area (Å²) in [6.07, 6.45) is 1.36. The highest BCUT2D eigenvalue weighted by Gasteiger charge is 2.28. The fraction of sp³-hybridized carbons (Fsp3) is 0.647. The monoisotopic (exact) mass is 260 g/mol. The first-order valence-electron chi connectivity index (χ1n) is 7.53. The number of piperidine rings is 1. The van der Waals surface area contributed by atoms with Crippen molar-refractivity contribution in [1.82, 2.24) is 4.90 Å². The van der Waals surface area contributed by atoms with E-state index in [1.54, 1.807) is 0 Å². The largest absolute Gasteiger partial charge is 0.326 e. The molecule has 2 nitrogen and oxygen atoms in total. The maximum atomic E-state index is 5.70. The summed E-state index contributed by atoms with van der Waals surface area (Å²) >= 11 is 0. The van der Waals surface area contributed by atoms with Crippen LogP contribution in [0.5, 0.6) is 0 Å². The van der Waals surface area contributed by atoms with E-state index < -0.39 is 0 Å². The average Bonchev–Trinajstić information content (AvgIpc) is 2.37. The lowest BCUT2D eigenvalue weighted by atomic mass is 9.85. The third-order valence-electron chi connectivity index (χ3n) is 4.74. The highest BCUT2D eigenvalue weighted by molar-refractivity contribution is 5.31. The SMILES string of the molecule is Cc1cc(CN)ccc1CN1CC(C)CC(C)C1C. The van der Waals surface area contributed by atoms with Crippen molar-refractivity contribution in [3.63, 3.8) is 0 Å². The molecule has 0 amide bonds. The molecule has 3 atom stereocenters. The molecule has 0 bridgehead atoms. The molecule has 0 saturated carbocycles. The molecular weight excluding hydrogens is 232 g/mol. The van der Waals surface area contributed by atoms with E-state index in [0.717, 1.165) is 18.4 Å². The average molecular weight is 260 g/mol. The van der Waals surface area contributed by atoms with Gasteiger partial charge >= 0.3 is 0 Å². The molecular formula is C17H28N2. The number of hydrogen-bond donors (Lipinski definition) is 1. The topological polar surface area (TPSA) is 29.3 Å². The van der Waals surface area contributed by atoms with E-state index in [1.807, 2.05) is 0 Å². The first-order valence-corrected chi connectivity index (χ1v) is 7.53. The van der Waals surface area contributed by atoms with Crippen LogP contribution in [0.25, 0.3) is 0 Å². The molecule has 0 spiro atoms. The lowest BCUT2D eigenvalue weighted by molar-refractivity contribution is 0.0728. The van der Waals surface area contributed by atoms with Crippen LogP contribution >= 0.6 is 0 Å². The minimum atomic E-state index is 0.634. The predicted octanol–water partition coefficient (Wildman–Crippen LogP) is 3.32. The maximum absolute atomic E-state index is 5.70. The Hall–Kier alpha value is -0.860. The van der Waals surface area contributed by atoms with Gasteiger partial charge in [-0.3, -0.25) is 4.90 Å². The molecule has 2 heteroatoms. The zero-order valence-corrected chi connectivity index (χ0v) is 12.8. The van der Waals surface area contributed by atoms with Crippen molar-refractivity contribution in [2.75, 3.05) is 6.54 Å². The van der Waals surface area contributed by atoms with Crippen molar-refractivity contribution in [2.45, 2.75) is 53.2 Å². The summed E-state index contributed by atoms with van der Waals surface area (Å²) in [7, 11) is 0. The van der Waals surface area contributed by atoms with Gasteiger partial charge in [0, 0.05) is 25.7 Å². The molecule has 2 rings (SSSR count). The van der Waals surface area contributed by atoms with Crippen LogP contribution < -0.4 is 5.73 Å². The lowest BCUT2D eigenvalue weighted by Gasteiger charge is -2.41. The Morgan fingerprint density at radius 3 is 2.63 bits per heavy atom. The molecule has 1 aromatic rings. The molecule has 0 aliphatic carbocycles. The van der Waals surface area contributed by atoms with Crippen LogP contribution in [0.4, 0.5) is 0 Å². The Balaban J connectivity index is 2.11. The third kappa shape index (κ3) is 3.37. The van der Waals surface area contributed by atoms with Gasteiger partial charge in [-0.1, -0.05) is 32.0 Å². The summed E-state index contributed by atoms with van der Waals surface area (Å²) in [4.78, 5) is 2.64. The van der Waals surface area contributed by atoms with Gasteiger partial charge in [0.2, 0.25) is 0 Å². The number of aryl methyl sites for hydroxylation is 1. The van der Waals surface area contributed by atoms with Crippen LogP contribution in [0.3, 0.4) is 0 Å². The number of nitrogens with two attached hydrogens (primary N) is 1. The molecule has 2 N–H and O–H groups in total. The van der Waals surface area contributed by atoms with Crippen LogP contribution in [-0.4, -0.2) is 17.5 Å². The Morgan fingerprint density at radius 1 is 1.26 bits per heavy atom. The fourth-order valence-electron chi connectivity index (χ4n) is 3.32. The van der Waals surface area contributed by atoms with E-state index >= 15 is 0 Å². The van der Waals surface area contributed by atoms with E-state index in [4.69, 9.17) is 5.73 Å². The smallest absolute Gasteiger partial charge is 0.0239 e. The first kappa shape index (κ1) is 14.5. The van der Waals surface area contributed by atoms with E-state index in [2.05, 4.69) is 50.8 Å². The van der Waals surface area contributed by atoms with Gasteiger partial charge < -0.3 is 5.73 Å². The van der Waals surface area contributed by atoms with Crippen molar-refractivity contribution in [2.24, 2.45) is 17.6 Å². The fourth-order valence-corrected chi connectivity index (χ4v) is 3.32. The Kier molecular flexibility index (Phi) is 4.64. The van der Waals surface area contributed by atoms with E-state index in [-0.39, 0.29) is 0 Å². The summed E-state index contributed by atoms with van der Waals surface area (Å²) in [5, 5.41) is 0. The van der Waals surface area contributed by atoms with Crippen LogP contribution in [0, 0.1) is 18.8 Å². The molecule has 1 heterocycles. The van der Waals surface area contributed by atoms with Gasteiger partial charge in [0.15, 0.2) is 0 Å². The molecule has 0 radical (unpaired) electrons. The van der Waals surface area contributed by atoms with Crippen molar-refractivity contribution in [3.8, 4) is 0 Å². The van der Waals surface area contributed by atoms with Crippen molar-refractivity contribution < 1.29 is 0 Å². The minimum absolute atomic E-state index is 0.634. The minimum Gasteiger partial charge on any atom is -0.326 e. The molecule has 1 aliphatic heterocycles. The first-order chi connectivity index (χ1) is 9.01. The standard InChI is InChI=1S/C17H28N2/c1-12-7-13(2)15(4)19(10-12)11-17-6-5-16(9-18)8-14(17)3/h5-6,8,12-13,15H,7,9-11,18H2,1-4H3. The second-order valence-electron chi connectivity index (χ2n) is 6.45. The Morgan fingerprint density at radius 2 is 2.00 bits per heavy atom. The summed E-state index contributed by atoms with van der Waals surface area (Å²) < 4.78 is 0. The van der Waals surface area contributed by atoms with Gasteiger partial charge in [-0.2, -0.15) is 0 Å². The molecule has 1 aliphatic rings. The van der Waals surface area contributed by atoms with Crippen LogP contribution in [0.1, 0.15) is 43.9 Å². The van der Waals surface area contributed by atoms with Gasteiger partial charge in [0.1, 0.15) is 0 Å². The zero-order chi connectivity index (χ0) is 14.0. The third-order valence-corrected chi connectivity index (χ3v) is 4.74. The summed E-state index contributed by atoms with van der Waals surface area (Å²) in [5.74, 6) is 1.61. The summed E-state index contributed by atoms with van der Waals surface area (Å²) in [6, 6.07) is 7.35. The number of nitrogens with zero attached hydrogens (tertiary/aromatic N) is 1. The highest BCUT2D eigenvalue weighted by Crippen LogP contribution is 2.28. The number of rotatable bonds is 3. The molecule has 3 unspecified atom stereocenters. The van der Waals surface area contributed by atoms with Crippen molar-refractivity contribution in [1.29, 1.82) is 0 Å². The number of hydrogen-bond acceptors (Lipinski definition) is 2. The number of benzene rings is 1. The van der Waals surface area contributed by atoms with Gasteiger partial charge in [0.25, 0.3) is 0 Å². The van der Waals surface area contributed by atoms with Crippen LogP contribution in [0.15, 0.2) is 18.2 Å². The van der Waals surface area contributed by atoms with Crippen molar-refractivity contribution >= 4 is 0 Å². The van der Waals surface area contributed by atoms with E-state index in [0.29, 0.717) is 12.6 Å². The second-order valence-corrected chi connectivity index (χ2v) is 6.45. The normalized spacial score (nSPS) is 28.6. The number of likely N-dealkylation sites (tertiary alicyclic amines) is 1. The van der Waals surface area contributed by atoms with Crippen molar-refractivity contribution in [3.05, 3.63) is 34.9 Å². The molecule has 1 saturated heterocycles. The maximum Gasteiger partial charge on any atom is 0.0239 e. The lowest BCUT2D eigenvalue weighted by Crippen LogP contribution is -2.45. The van der Waals surface area contributed by atoms with E-state index in [9.17, 15) is 0 Å². The summed E-state index contributed by atoms with van der Waals surface area (Å²) in [5.41, 5.74) is 9.76. The molecule has 19 heavy (non-hydrogen) atoms. The van der Waals surface area contributed by atoms with Crippen LogP contribution in [-0.2, 0) is 13.1 Å². The highest BCUT2D eigenvalue weighted by atomic mass is 15.2. The second kappa shape index (κ2) is 6.06. The molecule has 1 aromatic carbocycles. The zero-order valence-electron chi connectivity index (χ0n) is 12.8. The predicted molar refractivity (Wildman–Crippen MR) is 81.9 cm³/mol. The van der Waals surface area contributed by atoms with Gasteiger partial charge in [-0.25, -0.2) is 0 Å². The van der Waals surface area contributed by atoms with E-state index in [1.165, 1.54) is 29.7 Å². The Labute approximate surface area is 118 Å². The van der Waals surface area contributed by atoms with Crippen LogP contribution in [0.2, 0.25) is 0 Å². The summed E-state index contributed by atoms with van der Waals surface area (Å²) in [6.45, 7) is 12.3.